The van der Waals surface area contributed by atoms with Crippen molar-refractivity contribution in [1.29, 1.82) is 0 Å². The smallest absolute Gasteiger partial charge is 0.225 e. The Labute approximate surface area is 213 Å². The van der Waals surface area contributed by atoms with Gasteiger partial charge in [-0.3, -0.25) is 9.78 Å². The summed E-state index contributed by atoms with van der Waals surface area (Å²) in [6.07, 6.45) is 4.59. The molecule has 3 N–H and O–H groups in total. The fourth-order valence-electron chi connectivity index (χ4n) is 4.55. The number of hydrogen-bond acceptors (Lipinski definition) is 5. The van der Waals surface area contributed by atoms with Crippen molar-refractivity contribution in [2.24, 2.45) is 0 Å². The normalized spacial score (nSPS) is 18.4. The number of aryl methyl sites for hydroxylation is 1. The lowest BCUT2D eigenvalue weighted by Gasteiger charge is -2.29. The van der Waals surface area contributed by atoms with Crippen molar-refractivity contribution in [3.63, 3.8) is 0 Å². The van der Waals surface area contributed by atoms with E-state index in [1.54, 1.807) is 12.4 Å². The lowest BCUT2D eigenvalue weighted by Crippen LogP contribution is -2.48. The number of halogens is 3. The fraction of sp³-hybridized carbons (Fsp3) is 0.357. The molecule has 3 atom stereocenters. The second-order valence-corrected chi connectivity index (χ2v) is 9.29. The lowest BCUT2D eigenvalue weighted by molar-refractivity contribution is -0.116. The quantitative estimate of drug-likeness (QED) is 0.399. The molecule has 0 spiro atoms. The lowest BCUT2D eigenvalue weighted by atomic mass is 9.88. The predicted octanol–water partition coefficient (Wildman–Crippen LogP) is 4.25. The van der Waals surface area contributed by atoms with Gasteiger partial charge in [0.1, 0.15) is 5.82 Å². The summed E-state index contributed by atoms with van der Waals surface area (Å²) >= 11 is 0. The zero-order valence-corrected chi connectivity index (χ0v) is 20.5. The molecule has 0 bridgehead atoms. The molecular weight excluding hydrogens is 483 g/mol. The minimum atomic E-state index is -1.01. The number of aliphatic hydroxyl groups excluding tert-OH is 1. The van der Waals surface area contributed by atoms with Crippen LogP contribution in [0.3, 0.4) is 0 Å². The number of hydrogen-bond donors (Lipinski definition) is 3. The van der Waals surface area contributed by atoms with Crippen LogP contribution in [0.1, 0.15) is 41.0 Å². The SMILES string of the molecule is Cc1cncc(NC(=O)C[C@@H](c2ccc(F)cc2)c2ccc(F)c(F)c2)c1CC[C@@H]1CN[C@H](CO)CO1. The van der Waals surface area contributed by atoms with Gasteiger partial charge in [-0.1, -0.05) is 18.2 Å². The van der Waals surface area contributed by atoms with E-state index in [0.29, 0.717) is 42.8 Å². The average molecular weight is 514 g/mol. The number of aliphatic hydroxyl groups is 1. The summed E-state index contributed by atoms with van der Waals surface area (Å²) in [4.78, 5) is 17.4. The first kappa shape index (κ1) is 26.8. The Kier molecular flexibility index (Phi) is 8.91. The zero-order chi connectivity index (χ0) is 26.4. The molecule has 6 nitrogen and oxygen atoms in total. The van der Waals surface area contributed by atoms with Crippen molar-refractivity contribution in [2.75, 3.05) is 25.1 Å². The number of carbonyl (C=O) groups excluding carboxylic acids is 1. The number of ether oxygens (including phenoxy) is 1. The second-order valence-electron chi connectivity index (χ2n) is 9.29. The maximum Gasteiger partial charge on any atom is 0.225 e. The van der Waals surface area contributed by atoms with E-state index >= 15 is 0 Å². The standard InChI is InChI=1S/C28H30F3N3O3/c1-17-12-32-14-27(23(17)8-7-22-13-33-21(15-35)16-37-22)34-28(36)11-24(18-2-5-20(29)6-3-18)19-4-9-25(30)26(31)10-19/h2-6,9-10,12,14,21-22,24,33,35H,7-8,11,13,15-16H2,1H3,(H,34,36)/t21-,22-,24+/m1/s1. The first-order valence-electron chi connectivity index (χ1n) is 12.2. The molecule has 2 aromatic carbocycles. The number of nitrogens with one attached hydrogen (secondary N) is 2. The molecule has 9 heteroatoms. The highest BCUT2D eigenvalue weighted by Gasteiger charge is 2.23. The highest BCUT2D eigenvalue weighted by atomic mass is 19.2. The molecule has 0 radical (unpaired) electrons. The van der Waals surface area contributed by atoms with Crippen LogP contribution in [0, 0.1) is 24.4 Å². The maximum atomic E-state index is 14.0. The van der Waals surface area contributed by atoms with E-state index in [9.17, 15) is 23.1 Å². The number of rotatable bonds is 9. The van der Waals surface area contributed by atoms with Crippen LogP contribution >= 0.6 is 0 Å². The number of anilines is 1. The number of aromatic nitrogens is 1. The summed E-state index contributed by atoms with van der Waals surface area (Å²) < 4.78 is 46.9. The molecule has 0 saturated carbocycles. The highest BCUT2D eigenvalue weighted by Crippen LogP contribution is 2.30. The molecule has 1 saturated heterocycles. The molecule has 2 heterocycles. The second kappa shape index (κ2) is 12.3. The Balaban J connectivity index is 1.49. The third kappa shape index (κ3) is 6.94. The molecule has 1 aliphatic heterocycles. The van der Waals surface area contributed by atoms with E-state index in [1.165, 1.54) is 30.3 Å². The first-order chi connectivity index (χ1) is 17.8. The molecule has 1 aromatic heterocycles. The molecule has 3 aromatic rings. The van der Waals surface area contributed by atoms with Crippen LogP contribution in [-0.4, -0.2) is 47.9 Å². The number of pyridine rings is 1. The molecule has 1 fully saturated rings. The van der Waals surface area contributed by atoms with Crippen molar-refractivity contribution < 1.29 is 27.8 Å². The van der Waals surface area contributed by atoms with Crippen LogP contribution in [0.15, 0.2) is 54.9 Å². The van der Waals surface area contributed by atoms with Gasteiger partial charge in [-0.05, 0) is 66.3 Å². The third-order valence-corrected chi connectivity index (χ3v) is 6.66. The number of nitrogens with zero attached hydrogens (tertiary/aromatic N) is 1. The monoisotopic (exact) mass is 513 g/mol. The van der Waals surface area contributed by atoms with E-state index < -0.39 is 23.4 Å². The van der Waals surface area contributed by atoms with Crippen LogP contribution in [0.5, 0.6) is 0 Å². The van der Waals surface area contributed by atoms with Crippen molar-refractivity contribution >= 4 is 11.6 Å². The number of morpholine rings is 1. The van der Waals surface area contributed by atoms with E-state index in [-0.39, 0.29) is 31.1 Å². The van der Waals surface area contributed by atoms with Gasteiger partial charge in [-0.25, -0.2) is 13.2 Å². The van der Waals surface area contributed by atoms with Gasteiger partial charge in [0.05, 0.1) is 37.2 Å². The molecule has 196 valence electrons. The summed E-state index contributed by atoms with van der Waals surface area (Å²) in [5.41, 5.74) is 3.44. The minimum absolute atomic E-state index is 0.0184. The number of benzene rings is 2. The highest BCUT2D eigenvalue weighted by molar-refractivity contribution is 5.92. The van der Waals surface area contributed by atoms with Gasteiger partial charge < -0.3 is 20.5 Å². The Morgan fingerprint density at radius 1 is 1.14 bits per heavy atom. The first-order valence-corrected chi connectivity index (χ1v) is 12.2. The van der Waals surface area contributed by atoms with Crippen molar-refractivity contribution in [2.45, 2.75) is 44.2 Å². The molecule has 1 aliphatic rings. The van der Waals surface area contributed by atoms with Crippen LogP contribution < -0.4 is 10.6 Å². The number of carbonyl (C=O) groups is 1. The van der Waals surface area contributed by atoms with Crippen LogP contribution in [-0.2, 0) is 16.0 Å². The summed E-state index contributed by atoms with van der Waals surface area (Å²) in [5.74, 6) is -3.38. The van der Waals surface area contributed by atoms with E-state index in [1.807, 2.05) is 6.92 Å². The van der Waals surface area contributed by atoms with Crippen LogP contribution in [0.4, 0.5) is 18.9 Å². The molecule has 0 unspecified atom stereocenters. The number of amides is 1. The van der Waals surface area contributed by atoms with Gasteiger partial charge in [0.2, 0.25) is 5.91 Å². The fourth-order valence-corrected chi connectivity index (χ4v) is 4.55. The van der Waals surface area contributed by atoms with Gasteiger partial charge in [-0.15, -0.1) is 0 Å². The summed E-state index contributed by atoms with van der Waals surface area (Å²) in [6, 6.07) is 9.07. The van der Waals surface area contributed by atoms with E-state index in [0.717, 1.165) is 23.3 Å². The molecular formula is C28H30F3N3O3. The molecule has 0 aliphatic carbocycles. The van der Waals surface area contributed by atoms with Gasteiger partial charge in [0.25, 0.3) is 0 Å². The molecule has 4 rings (SSSR count). The average Bonchev–Trinajstić information content (AvgIpc) is 2.89. The van der Waals surface area contributed by atoms with Crippen molar-refractivity contribution in [3.05, 3.63) is 94.6 Å². The van der Waals surface area contributed by atoms with Crippen LogP contribution in [0.2, 0.25) is 0 Å². The van der Waals surface area contributed by atoms with Gasteiger partial charge in [-0.2, -0.15) is 0 Å². The topological polar surface area (TPSA) is 83.5 Å². The van der Waals surface area contributed by atoms with Crippen LogP contribution in [0.25, 0.3) is 0 Å². The van der Waals surface area contributed by atoms with Crippen molar-refractivity contribution in [3.8, 4) is 0 Å². The minimum Gasteiger partial charge on any atom is -0.395 e. The van der Waals surface area contributed by atoms with E-state index in [2.05, 4.69) is 15.6 Å². The maximum absolute atomic E-state index is 14.0. The van der Waals surface area contributed by atoms with Gasteiger partial charge >= 0.3 is 0 Å². The Hall–Kier alpha value is -3.27. The van der Waals surface area contributed by atoms with Crippen molar-refractivity contribution in [1.82, 2.24) is 10.3 Å². The summed E-state index contributed by atoms with van der Waals surface area (Å²) in [5, 5.41) is 15.4. The Morgan fingerprint density at radius 2 is 1.89 bits per heavy atom. The Morgan fingerprint density at radius 3 is 2.57 bits per heavy atom. The third-order valence-electron chi connectivity index (χ3n) is 6.66. The van der Waals surface area contributed by atoms with Gasteiger partial charge in [0.15, 0.2) is 11.6 Å². The predicted molar refractivity (Wildman–Crippen MR) is 134 cm³/mol. The van der Waals surface area contributed by atoms with E-state index in [4.69, 9.17) is 4.74 Å². The van der Waals surface area contributed by atoms with Gasteiger partial charge in [0, 0.05) is 25.1 Å². The zero-order valence-electron chi connectivity index (χ0n) is 20.5. The largest absolute Gasteiger partial charge is 0.395 e. The molecule has 1 amide bonds. The Bertz CT molecular complexity index is 1220. The summed E-state index contributed by atoms with van der Waals surface area (Å²) in [7, 11) is 0. The molecule has 37 heavy (non-hydrogen) atoms. The summed E-state index contributed by atoms with van der Waals surface area (Å²) in [6.45, 7) is 3.01.